The maximum atomic E-state index is 4.45. The molecule has 0 aromatic heterocycles. The van der Waals surface area contributed by atoms with Crippen molar-refractivity contribution in [1.29, 1.82) is 0 Å². The van der Waals surface area contributed by atoms with Crippen LogP contribution in [0.25, 0.3) is 0 Å². The molecule has 0 bridgehead atoms. The molecule has 0 aliphatic rings. The molecule has 0 aromatic rings. The van der Waals surface area contributed by atoms with Crippen LogP contribution in [-0.4, -0.2) is 17.3 Å². The molecule has 0 amide bonds. The lowest BCUT2D eigenvalue weighted by atomic mass is 10.0. The minimum atomic E-state index is 0.154. The van der Waals surface area contributed by atoms with Gasteiger partial charge in [0.1, 0.15) is 0 Å². The van der Waals surface area contributed by atoms with Gasteiger partial charge < -0.3 is 5.32 Å². The van der Waals surface area contributed by atoms with Gasteiger partial charge in [0.05, 0.1) is 0 Å². The molecule has 0 radical (unpaired) electrons. The van der Waals surface area contributed by atoms with Crippen LogP contribution in [0.2, 0.25) is 0 Å². The van der Waals surface area contributed by atoms with Gasteiger partial charge in [-0.05, 0) is 19.9 Å². The van der Waals surface area contributed by atoms with Crippen molar-refractivity contribution in [3.63, 3.8) is 0 Å². The van der Waals surface area contributed by atoms with Crippen molar-refractivity contribution in [3.8, 4) is 0 Å². The van der Waals surface area contributed by atoms with Crippen LogP contribution >= 0.6 is 12.6 Å². The van der Waals surface area contributed by atoms with E-state index < -0.39 is 0 Å². The molecular weight excluding hydrogens is 142 g/mol. The Labute approximate surface area is 70.0 Å². The molecule has 0 aromatic carbocycles. The van der Waals surface area contributed by atoms with Gasteiger partial charge in [0.25, 0.3) is 0 Å². The van der Waals surface area contributed by atoms with Crippen molar-refractivity contribution in [1.82, 2.24) is 5.32 Å². The molecule has 0 saturated heterocycles. The number of hydrogen-bond acceptors (Lipinski definition) is 2. The Bertz CT molecular complexity index is 85.7. The lowest BCUT2D eigenvalue weighted by Gasteiger charge is -2.22. The predicted octanol–water partition coefficient (Wildman–Crippen LogP) is 2.08. The van der Waals surface area contributed by atoms with E-state index in [0.29, 0.717) is 6.04 Å². The van der Waals surface area contributed by atoms with Gasteiger partial charge in [0.15, 0.2) is 0 Å². The Kier molecular flexibility index (Phi) is 4.37. The summed E-state index contributed by atoms with van der Waals surface area (Å²) in [5, 5.41) is 3.35. The third kappa shape index (κ3) is 6.43. The van der Waals surface area contributed by atoms with Gasteiger partial charge in [-0.2, -0.15) is 12.6 Å². The quantitative estimate of drug-likeness (QED) is 0.602. The highest BCUT2D eigenvalue weighted by Gasteiger charge is 2.14. The Hall–Kier alpha value is 0.310. The summed E-state index contributed by atoms with van der Waals surface area (Å²) in [5.41, 5.74) is 0. The zero-order chi connectivity index (χ0) is 8.20. The van der Waals surface area contributed by atoms with Crippen molar-refractivity contribution in [2.75, 3.05) is 6.54 Å². The molecule has 0 spiro atoms. The van der Waals surface area contributed by atoms with Crippen LogP contribution in [0.15, 0.2) is 0 Å². The predicted molar refractivity (Wildman–Crippen MR) is 50.8 cm³/mol. The van der Waals surface area contributed by atoms with E-state index in [1.165, 1.54) is 0 Å². The Morgan fingerprint density at radius 1 is 1.50 bits per heavy atom. The van der Waals surface area contributed by atoms with Crippen molar-refractivity contribution < 1.29 is 0 Å². The van der Waals surface area contributed by atoms with Crippen LogP contribution in [0.5, 0.6) is 0 Å². The standard InChI is InChI=1S/C8H19NS/c1-5-9-7(2)6-8(3,4)10/h7,9-10H,5-6H2,1-4H3. The topological polar surface area (TPSA) is 12.0 Å². The van der Waals surface area contributed by atoms with Gasteiger partial charge in [-0.15, -0.1) is 0 Å². The number of nitrogens with one attached hydrogen (secondary N) is 1. The Morgan fingerprint density at radius 3 is 2.30 bits per heavy atom. The molecular formula is C8H19NS. The van der Waals surface area contributed by atoms with Crippen LogP contribution in [0, 0.1) is 0 Å². The van der Waals surface area contributed by atoms with E-state index in [4.69, 9.17) is 0 Å². The maximum absolute atomic E-state index is 4.45. The second-order valence-corrected chi connectivity index (χ2v) is 4.69. The van der Waals surface area contributed by atoms with Gasteiger partial charge >= 0.3 is 0 Å². The van der Waals surface area contributed by atoms with E-state index in [1.807, 2.05) is 0 Å². The molecule has 1 atom stereocenters. The van der Waals surface area contributed by atoms with E-state index in [-0.39, 0.29) is 4.75 Å². The summed E-state index contributed by atoms with van der Waals surface area (Å²) in [6.07, 6.45) is 1.12. The largest absolute Gasteiger partial charge is 0.314 e. The molecule has 1 nitrogen and oxygen atoms in total. The normalized spacial score (nSPS) is 15.3. The summed E-state index contributed by atoms with van der Waals surface area (Å²) in [4.78, 5) is 0. The molecule has 0 heterocycles. The lowest BCUT2D eigenvalue weighted by molar-refractivity contribution is 0.479. The van der Waals surface area contributed by atoms with Crippen LogP contribution in [0.3, 0.4) is 0 Å². The van der Waals surface area contributed by atoms with Gasteiger partial charge in [0, 0.05) is 10.8 Å². The van der Waals surface area contributed by atoms with Gasteiger partial charge in [-0.25, -0.2) is 0 Å². The molecule has 0 fully saturated rings. The highest BCUT2D eigenvalue weighted by molar-refractivity contribution is 7.81. The number of thiol groups is 1. The fourth-order valence-electron chi connectivity index (χ4n) is 1.17. The Morgan fingerprint density at radius 2 is 2.00 bits per heavy atom. The number of hydrogen-bond donors (Lipinski definition) is 2. The van der Waals surface area contributed by atoms with Crippen LogP contribution in [0.1, 0.15) is 34.1 Å². The minimum absolute atomic E-state index is 0.154. The van der Waals surface area contributed by atoms with E-state index in [1.54, 1.807) is 0 Å². The summed E-state index contributed by atoms with van der Waals surface area (Å²) < 4.78 is 0.154. The van der Waals surface area contributed by atoms with E-state index in [2.05, 4.69) is 45.6 Å². The summed E-state index contributed by atoms with van der Waals surface area (Å²) in [6.45, 7) is 9.66. The van der Waals surface area contributed by atoms with E-state index in [0.717, 1.165) is 13.0 Å². The van der Waals surface area contributed by atoms with Crippen molar-refractivity contribution in [2.45, 2.75) is 44.9 Å². The first-order chi connectivity index (χ1) is 4.45. The molecule has 1 unspecified atom stereocenters. The fourth-order valence-corrected chi connectivity index (χ4v) is 1.44. The van der Waals surface area contributed by atoms with Crippen molar-refractivity contribution >= 4 is 12.6 Å². The number of rotatable bonds is 4. The highest BCUT2D eigenvalue weighted by atomic mass is 32.1. The van der Waals surface area contributed by atoms with Crippen LogP contribution in [-0.2, 0) is 0 Å². The summed E-state index contributed by atoms with van der Waals surface area (Å²) in [6, 6.07) is 0.581. The molecule has 0 saturated carbocycles. The molecule has 2 heteroatoms. The molecule has 0 aliphatic heterocycles. The first kappa shape index (κ1) is 10.3. The van der Waals surface area contributed by atoms with Crippen molar-refractivity contribution in [3.05, 3.63) is 0 Å². The first-order valence-corrected chi connectivity index (χ1v) is 4.36. The van der Waals surface area contributed by atoms with E-state index >= 15 is 0 Å². The average Bonchev–Trinajstić information content (AvgIpc) is 1.59. The maximum Gasteiger partial charge on any atom is 0.00878 e. The third-order valence-electron chi connectivity index (χ3n) is 1.36. The molecule has 10 heavy (non-hydrogen) atoms. The molecule has 1 N–H and O–H groups in total. The molecule has 0 rings (SSSR count). The summed E-state index contributed by atoms with van der Waals surface area (Å²) in [7, 11) is 0. The highest BCUT2D eigenvalue weighted by Crippen LogP contribution is 2.18. The first-order valence-electron chi connectivity index (χ1n) is 3.91. The summed E-state index contributed by atoms with van der Waals surface area (Å²) in [5.74, 6) is 0. The smallest absolute Gasteiger partial charge is 0.00878 e. The zero-order valence-electron chi connectivity index (χ0n) is 7.44. The van der Waals surface area contributed by atoms with Crippen LogP contribution < -0.4 is 5.32 Å². The zero-order valence-corrected chi connectivity index (χ0v) is 8.33. The molecule has 62 valence electrons. The fraction of sp³-hybridized carbons (Fsp3) is 1.00. The van der Waals surface area contributed by atoms with Crippen LogP contribution in [0.4, 0.5) is 0 Å². The van der Waals surface area contributed by atoms with E-state index in [9.17, 15) is 0 Å². The third-order valence-corrected chi connectivity index (χ3v) is 1.54. The monoisotopic (exact) mass is 161 g/mol. The lowest BCUT2D eigenvalue weighted by Crippen LogP contribution is -2.31. The second kappa shape index (κ2) is 4.24. The van der Waals surface area contributed by atoms with Gasteiger partial charge in [0.2, 0.25) is 0 Å². The second-order valence-electron chi connectivity index (χ2n) is 3.48. The SMILES string of the molecule is CCNC(C)CC(C)(C)S. The average molecular weight is 161 g/mol. The van der Waals surface area contributed by atoms with Crippen molar-refractivity contribution in [2.24, 2.45) is 0 Å². The summed E-state index contributed by atoms with van der Waals surface area (Å²) >= 11 is 4.45. The van der Waals surface area contributed by atoms with Gasteiger partial charge in [-0.1, -0.05) is 20.8 Å². The van der Waals surface area contributed by atoms with Gasteiger partial charge in [-0.3, -0.25) is 0 Å². The molecule has 0 aliphatic carbocycles. The minimum Gasteiger partial charge on any atom is -0.314 e. The Balaban J connectivity index is 3.47.